The Morgan fingerprint density at radius 2 is 1.71 bits per heavy atom. The molecule has 0 atom stereocenters. The molecule has 0 spiro atoms. The van der Waals surface area contributed by atoms with Crippen LogP contribution in [-0.4, -0.2) is 21.6 Å². The highest BCUT2D eigenvalue weighted by atomic mass is 35.5. The standard InChI is InChI=1S/C18H14Cl2N2O4S2/c1-22(13-5-3-2-4-6-13)18(23)26-14-9-7-12(8-10-14)21-28(24,25)15-11-16(19)27-17(15)20/h2-11,21H,1H3. The minimum atomic E-state index is -3.88. The summed E-state index contributed by atoms with van der Waals surface area (Å²) in [5.41, 5.74) is 0.970. The van der Waals surface area contributed by atoms with Crippen molar-refractivity contribution < 1.29 is 17.9 Å². The fourth-order valence-corrected chi connectivity index (χ4v) is 5.45. The van der Waals surface area contributed by atoms with Crippen LogP contribution in [0.5, 0.6) is 5.75 Å². The number of anilines is 2. The number of ether oxygens (including phenoxy) is 1. The number of nitrogens with zero attached hydrogens (tertiary/aromatic N) is 1. The number of thiophene rings is 1. The number of carbonyl (C=O) groups is 1. The molecule has 10 heteroatoms. The third kappa shape index (κ3) is 4.77. The van der Waals surface area contributed by atoms with E-state index in [-0.39, 0.29) is 25.0 Å². The van der Waals surface area contributed by atoms with E-state index in [2.05, 4.69) is 4.72 Å². The molecule has 6 nitrogen and oxygen atoms in total. The van der Waals surface area contributed by atoms with E-state index < -0.39 is 16.1 Å². The van der Waals surface area contributed by atoms with Crippen LogP contribution >= 0.6 is 34.5 Å². The molecule has 0 bridgehead atoms. The monoisotopic (exact) mass is 456 g/mol. The highest BCUT2D eigenvalue weighted by Crippen LogP contribution is 2.35. The van der Waals surface area contributed by atoms with Gasteiger partial charge in [-0.25, -0.2) is 13.2 Å². The predicted molar refractivity (Wildman–Crippen MR) is 112 cm³/mol. The van der Waals surface area contributed by atoms with Crippen molar-refractivity contribution in [2.75, 3.05) is 16.7 Å². The maximum atomic E-state index is 12.4. The van der Waals surface area contributed by atoms with E-state index in [9.17, 15) is 13.2 Å². The number of nitrogens with one attached hydrogen (secondary N) is 1. The lowest BCUT2D eigenvalue weighted by molar-refractivity contribution is 0.209. The van der Waals surface area contributed by atoms with E-state index >= 15 is 0 Å². The van der Waals surface area contributed by atoms with Gasteiger partial charge in [0.25, 0.3) is 10.0 Å². The minimum absolute atomic E-state index is 0.0759. The van der Waals surface area contributed by atoms with Crippen LogP contribution in [0.25, 0.3) is 0 Å². The van der Waals surface area contributed by atoms with E-state index in [4.69, 9.17) is 27.9 Å². The van der Waals surface area contributed by atoms with Crippen LogP contribution in [0.2, 0.25) is 8.67 Å². The van der Waals surface area contributed by atoms with Crippen molar-refractivity contribution in [2.24, 2.45) is 0 Å². The molecule has 0 saturated carbocycles. The molecule has 1 heterocycles. The second-order valence-electron chi connectivity index (χ2n) is 5.58. The van der Waals surface area contributed by atoms with E-state index in [0.29, 0.717) is 5.69 Å². The lowest BCUT2D eigenvalue weighted by atomic mass is 10.3. The van der Waals surface area contributed by atoms with Gasteiger partial charge in [-0.1, -0.05) is 41.4 Å². The Hall–Kier alpha value is -2.26. The zero-order chi connectivity index (χ0) is 20.3. The molecule has 1 aromatic heterocycles. The second-order valence-corrected chi connectivity index (χ2v) is 9.52. The van der Waals surface area contributed by atoms with Gasteiger partial charge in [0.15, 0.2) is 0 Å². The molecule has 2 aromatic carbocycles. The predicted octanol–water partition coefficient (Wildman–Crippen LogP) is 5.49. The number of sulfonamides is 1. The number of carbonyl (C=O) groups excluding carboxylic acids is 1. The molecular weight excluding hydrogens is 443 g/mol. The number of para-hydroxylation sites is 1. The quantitative estimate of drug-likeness (QED) is 0.550. The average Bonchev–Trinajstić information content (AvgIpc) is 3.02. The van der Waals surface area contributed by atoms with Crippen LogP contribution in [0.3, 0.4) is 0 Å². The smallest absolute Gasteiger partial charge is 0.410 e. The molecule has 0 radical (unpaired) electrons. The van der Waals surface area contributed by atoms with E-state index in [1.165, 1.54) is 35.2 Å². The van der Waals surface area contributed by atoms with Crippen molar-refractivity contribution in [3.8, 4) is 5.75 Å². The van der Waals surface area contributed by atoms with Gasteiger partial charge >= 0.3 is 6.09 Å². The Labute approximate surface area is 176 Å². The van der Waals surface area contributed by atoms with Gasteiger partial charge in [-0.05, 0) is 42.5 Å². The van der Waals surface area contributed by atoms with Gasteiger partial charge in [-0.3, -0.25) is 9.62 Å². The van der Waals surface area contributed by atoms with Crippen LogP contribution in [-0.2, 0) is 10.0 Å². The fraction of sp³-hybridized carbons (Fsp3) is 0.0556. The summed E-state index contributed by atoms with van der Waals surface area (Å²) in [6, 6.07) is 16.2. The van der Waals surface area contributed by atoms with Crippen molar-refractivity contribution in [2.45, 2.75) is 4.90 Å². The van der Waals surface area contributed by atoms with Gasteiger partial charge in [0.1, 0.15) is 15.0 Å². The van der Waals surface area contributed by atoms with Gasteiger partial charge < -0.3 is 4.74 Å². The first kappa shape index (κ1) is 20.5. The minimum Gasteiger partial charge on any atom is -0.410 e. The van der Waals surface area contributed by atoms with Crippen molar-refractivity contribution in [1.82, 2.24) is 0 Å². The molecule has 0 unspecified atom stereocenters. The molecule has 1 amide bonds. The number of hydrogen-bond acceptors (Lipinski definition) is 5. The number of benzene rings is 2. The van der Waals surface area contributed by atoms with Gasteiger partial charge in [-0.2, -0.15) is 0 Å². The fourth-order valence-electron chi connectivity index (χ4n) is 2.24. The summed E-state index contributed by atoms with van der Waals surface area (Å²) in [5.74, 6) is 0.271. The van der Waals surface area contributed by atoms with Crippen molar-refractivity contribution in [3.05, 3.63) is 69.3 Å². The Kier molecular flexibility index (Phi) is 6.14. The molecule has 28 heavy (non-hydrogen) atoms. The molecule has 146 valence electrons. The molecule has 0 aliphatic heterocycles. The molecule has 0 saturated heterocycles. The Bertz CT molecular complexity index is 1080. The molecule has 0 aliphatic carbocycles. The summed E-state index contributed by atoms with van der Waals surface area (Å²) in [5, 5.41) is 0. The van der Waals surface area contributed by atoms with Gasteiger partial charge in [-0.15, -0.1) is 11.3 Å². The van der Waals surface area contributed by atoms with E-state index in [0.717, 1.165) is 11.3 Å². The normalized spacial score (nSPS) is 11.1. The van der Waals surface area contributed by atoms with Crippen molar-refractivity contribution in [1.29, 1.82) is 0 Å². The van der Waals surface area contributed by atoms with Crippen molar-refractivity contribution >= 4 is 62.0 Å². The Morgan fingerprint density at radius 1 is 1.07 bits per heavy atom. The highest BCUT2D eigenvalue weighted by Gasteiger charge is 2.21. The van der Waals surface area contributed by atoms with Crippen LogP contribution in [0.15, 0.2) is 65.6 Å². The highest BCUT2D eigenvalue weighted by molar-refractivity contribution is 7.93. The van der Waals surface area contributed by atoms with Crippen LogP contribution in [0, 0.1) is 0 Å². The first-order valence-electron chi connectivity index (χ1n) is 7.84. The van der Waals surface area contributed by atoms with Gasteiger partial charge in [0.05, 0.1) is 4.34 Å². The van der Waals surface area contributed by atoms with Gasteiger partial charge in [0, 0.05) is 18.4 Å². The molecule has 3 rings (SSSR count). The first-order valence-corrected chi connectivity index (χ1v) is 10.9. The third-order valence-corrected chi connectivity index (χ3v) is 6.78. The summed E-state index contributed by atoms with van der Waals surface area (Å²) < 4.78 is 32.9. The average molecular weight is 457 g/mol. The largest absolute Gasteiger partial charge is 0.419 e. The summed E-state index contributed by atoms with van der Waals surface area (Å²) >= 11 is 12.7. The van der Waals surface area contributed by atoms with E-state index in [1.54, 1.807) is 19.2 Å². The zero-order valence-electron chi connectivity index (χ0n) is 14.4. The molecule has 1 N–H and O–H groups in total. The molecule has 0 fully saturated rings. The Morgan fingerprint density at radius 3 is 2.29 bits per heavy atom. The topological polar surface area (TPSA) is 75.7 Å². The first-order chi connectivity index (χ1) is 13.3. The van der Waals surface area contributed by atoms with Gasteiger partial charge in [0.2, 0.25) is 0 Å². The number of rotatable bonds is 5. The summed E-state index contributed by atoms with van der Waals surface area (Å²) in [6.45, 7) is 0. The molecule has 3 aromatic rings. The third-order valence-electron chi connectivity index (χ3n) is 3.64. The van der Waals surface area contributed by atoms with Crippen LogP contribution in [0.1, 0.15) is 0 Å². The lowest BCUT2D eigenvalue weighted by Crippen LogP contribution is -2.29. The number of halogens is 2. The maximum absolute atomic E-state index is 12.4. The van der Waals surface area contributed by atoms with Crippen molar-refractivity contribution in [3.63, 3.8) is 0 Å². The Balaban J connectivity index is 1.68. The molecular formula is C18H14Cl2N2O4S2. The number of amides is 1. The van der Waals surface area contributed by atoms with Crippen LogP contribution in [0.4, 0.5) is 16.2 Å². The summed E-state index contributed by atoms with van der Waals surface area (Å²) in [4.78, 5) is 13.5. The van der Waals surface area contributed by atoms with E-state index in [1.807, 2.05) is 18.2 Å². The summed E-state index contributed by atoms with van der Waals surface area (Å²) in [6.07, 6.45) is -0.570. The van der Waals surface area contributed by atoms with Crippen LogP contribution < -0.4 is 14.4 Å². The SMILES string of the molecule is CN(C(=O)Oc1ccc(NS(=O)(=O)c2cc(Cl)sc2Cl)cc1)c1ccccc1. The lowest BCUT2D eigenvalue weighted by Gasteiger charge is -2.17. The second kappa shape index (κ2) is 8.40. The molecule has 0 aliphatic rings. The summed E-state index contributed by atoms with van der Waals surface area (Å²) in [7, 11) is -2.29. The maximum Gasteiger partial charge on any atom is 0.419 e. The number of hydrogen-bond donors (Lipinski definition) is 1. The zero-order valence-corrected chi connectivity index (χ0v) is 17.6.